The number of carbonyl (C=O) groups excluding carboxylic acids is 1. The summed E-state index contributed by atoms with van der Waals surface area (Å²) in [5.74, 6) is -0.664. The molecule has 1 aromatic heterocycles. The monoisotopic (exact) mass is 466 g/mol. The van der Waals surface area contributed by atoms with E-state index in [2.05, 4.69) is 20.6 Å². The Morgan fingerprint density at radius 2 is 1.94 bits per heavy atom. The van der Waals surface area contributed by atoms with Gasteiger partial charge in [0.2, 0.25) is 11.9 Å². The first-order chi connectivity index (χ1) is 15.0. The maximum absolute atomic E-state index is 13.1. The molecule has 13 heteroatoms. The van der Waals surface area contributed by atoms with Crippen molar-refractivity contribution in [1.29, 1.82) is 0 Å². The minimum atomic E-state index is -4.79. The number of carbonyl (C=O) groups is 1. The molecule has 0 aliphatic carbocycles. The zero-order valence-electron chi connectivity index (χ0n) is 16.0. The average molecular weight is 467 g/mol. The summed E-state index contributed by atoms with van der Waals surface area (Å²) in [5, 5.41) is 16.5. The number of nitrogens with zero attached hydrogens (tertiary/aromatic N) is 3. The Labute approximate surface area is 183 Å². The fourth-order valence-corrected chi connectivity index (χ4v) is 2.88. The fraction of sp³-hybridized carbons (Fsp3) is 0.105. The lowest BCUT2D eigenvalue weighted by molar-refractivity contribution is -0.385. The number of benzene rings is 2. The van der Waals surface area contributed by atoms with E-state index in [1.54, 1.807) is 24.3 Å². The van der Waals surface area contributed by atoms with Gasteiger partial charge in [-0.05, 0) is 17.7 Å². The highest BCUT2D eigenvalue weighted by Gasteiger charge is 2.33. The zero-order valence-corrected chi connectivity index (χ0v) is 16.7. The molecule has 0 unspecified atom stereocenters. The van der Waals surface area contributed by atoms with Gasteiger partial charge in [0.15, 0.2) is 5.82 Å². The van der Waals surface area contributed by atoms with E-state index in [9.17, 15) is 28.1 Å². The highest BCUT2D eigenvalue weighted by Crippen LogP contribution is 2.34. The number of amides is 1. The molecule has 0 saturated heterocycles. The van der Waals surface area contributed by atoms with Crippen molar-refractivity contribution in [2.75, 3.05) is 10.6 Å². The molecule has 32 heavy (non-hydrogen) atoms. The van der Waals surface area contributed by atoms with Crippen molar-refractivity contribution in [3.63, 3.8) is 0 Å². The van der Waals surface area contributed by atoms with E-state index in [4.69, 9.17) is 17.3 Å². The molecule has 1 amide bonds. The number of nitro groups is 1. The Morgan fingerprint density at radius 3 is 2.59 bits per heavy atom. The summed E-state index contributed by atoms with van der Waals surface area (Å²) in [5.41, 5.74) is 4.01. The first kappa shape index (κ1) is 22.7. The molecule has 3 rings (SSSR count). The van der Waals surface area contributed by atoms with Crippen LogP contribution in [0.5, 0.6) is 0 Å². The number of alkyl halides is 3. The first-order valence-electron chi connectivity index (χ1n) is 8.82. The number of primary amides is 1. The standard InChI is InChI=1S/C19H14ClF3N6O3/c20-15-9-26-18(27-12-5-11(19(21,22)23)6-13(7-12)29(31)32)28-17(15)25-8-10-3-1-2-4-14(10)16(24)30/h1-7,9H,8H2,(H2,24,30)(H2,25,26,27,28). The van der Waals surface area contributed by atoms with Gasteiger partial charge in [0.25, 0.3) is 5.69 Å². The lowest BCUT2D eigenvalue weighted by atomic mass is 10.1. The highest BCUT2D eigenvalue weighted by atomic mass is 35.5. The Morgan fingerprint density at radius 1 is 1.22 bits per heavy atom. The van der Waals surface area contributed by atoms with Gasteiger partial charge < -0.3 is 16.4 Å². The zero-order chi connectivity index (χ0) is 23.5. The maximum Gasteiger partial charge on any atom is 0.416 e. The van der Waals surface area contributed by atoms with Gasteiger partial charge in [-0.15, -0.1) is 0 Å². The van der Waals surface area contributed by atoms with Crippen LogP contribution in [0.4, 0.5) is 36.3 Å². The summed E-state index contributed by atoms with van der Waals surface area (Å²) < 4.78 is 39.2. The molecule has 0 aliphatic rings. The number of halogens is 4. The number of nitrogens with one attached hydrogen (secondary N) is 2. The number of non-ortho nitro benzene ring substituents is 1. The summed E-state index contributed by atoms with van der Waals surface area (Å²) >= 11 is 6.07. The predicted molar refractivity (Wildman–Crippen MR) is 111 cm³/mol. The number of hydrogen-bond acceptors (Lipinski definition) is 7. The molecule has 0 bridgehead atoms. The van der Waals surface area contributed by atoms with E-state index in [0.29, 0.717) is 23.3 Å². The van der Waals surface area contributed by atoms with Gasteiger partial charge in [-0.1, -0.05) is 29.8 Å². The number of hydrogen-bond donors (Lipinski definition) is 3. The van der Waals surface area contributed by atoms with Crippen LogP contribution >= 0.6 is 11.6 Å². The topological polar surface area (TPSA) is 136 Å². The van der Waals surface area contributed by atoms with Crippen molar-refractivity contribution < 1.29 is 22.9 Å². The number of aromatic nitrogens is 2. The van der Waals surface area contributed by atoms with Crippen molar-refractivity contribution in [1.82, 2.24) is 9.97 Å². The molecule has 0 spiro atoms. The molecule has 0 saturated carbocycles. The van der Waals surface area contributed by atoms with Crippen molar-refractivity contribution in [3.8, 4) is 0 Å². The molecule has 4 N–H and O–H groups in total. The van der Waals surface area contributed by atoms with E-state index in [1.165, 1.54) is 6.20 Å². The van der Waals surface area contributed by atoms with Crippen LogP contribution in [0.2, 0.25) is 5.02 Å². The van der Waals surface area contributed by atoms with Gasteiger partial charge in [0.1, 0.15) is 5.02 Å². The van der Waals surface area contributed by atoms with Crippen LogP contribution in [-0.4, -0.2) is 20.8 Å². The third kappa shape index (κ3) is 5.40. The summed E-state index contributed by atoms with van der Waals surface area (Å²) in [6.07, 6.45) is -3.59. The molecule has 1 heterocycles. The molecule has 9 nitrogen and oxygen atoms in total. The van der Waals surface area contributed by atoms with E-state index < -0.39 is 28.3 Å². The number of rotatable bonds is 7. The Bertz CT molecular complexity index is 1190. The third-order valence-corrected chi connectivity index (χ3v) is 4.46. The lowest BCUT2D eigenvalue weighted by Crippen LogP contribution is -2.15. The maximum atomic E-state index is 13.1. The van der Waals surface area contributed by atoms with Crippen LogP contribution in [0, 0.1) is 10.1 Å². The Balaban J connectivity index is 1.86. The van der Waals surface area contributed by atoms with Crippen LogP contribution < -0.4 is 16.4 Å². The van der Waals surface area contributed by atoms with Crippen molar-refractivity contribution in [2.24, 2.45) is 5.73 Å². The van der Waals surface area contributed by atoms with Gasteiger partial charge in [-0.25, -0.2) is 4.98 Å². The smallest absolute Gasteiger partial charge is 0.366 e. The quantitative estimate of drug-likeness (QED) is 0.344. The van der Waals surface area contributed by atoms with Gasteiger partial charge in [-0.2, -0.15) is 18.2 Å². The van der Waals surface area contributed by atoms with Gasteiger partial charge in [0.05, 0.1) is 16.7 Å². The second-order valence-corrected chi connectivity index (χ2v) is 6.82. The molecule has 0 aliphatic heterocycles. The highest BCUT2D eigenvalue weighted by molar-refractivity contribution is 6.32. The SMILES string of the molecule is NC(=O)c1ccccc1CNc1nc(Nc2cc([N+](=O)[O-])cc(C(F)(F)F)c2)ncc1Cl. The Kier molecular flexibility index (Phi) is 6.44. The van der Waals surface area contributed by atoms with E-state index in [0.717, 1.165) is 6.07 Å². The van der Waals surface area contributed by atoms with Gasteiger partial charge >= 0.3 is 6.18 Å². The molecule has 166 valence electrons. The molecule has 0 fully saturated rings. The number of nitrogens with two attached hydrogens (primary N) is 1. The van der Waals surface area contributed by atoms with E-state index in [1.807, 2.05) is 0 Å². The van der Waals surface area contributed by atoms with Crippen LogP contribution in [-0.2, 0) is 12.7 Å². The molecule has 3 aromatic rings. The molecule has 0 atom stereocenters. The molecule has 2 aromatic carbocycles. The minimum absolute atomic E-state index is 0.0992. The second kappa shape index (κ2) is 9.06. The number of nitro benzene ring substituents is 1. The van der Waals surface area contributed by atoms with E-state index in [-0.39, 0.29) is 29.0 Å². The summed E-state index contributed by atoms with van der Waals surface area (Å²) in [6.45, 7) is 0.115. The van der Waals surface area contributed by atoms with Crippen LogP contribution in [0.15, 0.2) is 48.7 Å². The largest absolute Gasteiger partial charge is 0.416 e. The predicted octanol–water partition coefficient (Wildman–Crippen LogP) is 4.51. The fourth-order valence-electron chi connectivity index (χ4n) is 2.73. The van der Waals surface area contributed by atoms with Gasteiger partial charge in [-0.3, -0.25) is 14.9 Å². The van der Waals surface area contributed by atoms with Crippen molar-refractivity contribution in [3.05, 3.63) is 80.5 Å². The van der Waals surface area contributed by atoms with Crippen LogP contribution in [0.25, 0.3) is 0 Å². The summed E-state index contributed by atoms with van der Waals surface area (Å²) in [6, 6.07) is 8.62. The average Bonchev–Trinajstić information content (AvgIpc) is 2.73. The normalized spacial score (nSPS) is 11.1. The second-order valence-electron chi connectivity index (χ2n) is 6.41. The van der Waals surface area contributed by atoms with Crippen LogP contribution in [0.3, 0.4) is 0 Å². The molecule has 0 radical (unpaired) electrons. The van der Waals surface area contributed by atoms with Crippen molar-refractivity contribution in [2.45, 2.75) is 12.7 Å². The van der Waals surface area contributed by atoms with Crippen LogP contribution in [0.1, 0.15) is 21.5 Å². The van der Waals surface area contributed by atoms with Crippen molar-refractivity contribution >= 4 is 40.6 Å². The first-order valence-corrected chi connectivity index (χ1v) is 9.20. The summed E-state index contributed by atoms with van der Waals surface area (Å²) in [4.78, 5) is 29.6. The summed E-state index contributed by atoms with van der Waals surface area (Å²) in [7, 11) is 0. The van der Waals surface area contributed by atoms with E-state index >= 15 is 0 Å². The molecular formula is C19H14ClF3N6O3. The Hall–Kier alpha value is -3.93. The number of anilines is 3. The minimum Gasteiger partial charge on any atom is -0.366 e. The molecular weight excluding hydrogens is 453 g/mol. The third-order valence-electron chi connectivity index (χ3n) is 4.19. The van der Waals surface area contributed by atoms with Gasteiger partial charge in [0, 0.05) is 29.9 Å². The lowest BCUT2D eigenvalue weighted by Gasteiger charge is -2.13.